The van der Waals surface area contributed by atoms with Crippen LogP contribution in [0.3, 0.4) is 0 Å². The smallest absolute Gasteiger partial charge is 0.325 e. The molecule has 2 atom stereocenters. The van der Waals surface area contributed by atoms with Crippen molar-refractivity contribution >= 4 is 17.8 Å². The van der Waals surface area contributed by atoms with Crippen molar-refractivity contribution in [2.24, 2.45) is 5.92 Å². The molecule has 1 aromatic carbocycles. The van der Waals surface area contributed by atoms with Gasteiger partial charge in [0, 0.05) is 17.1 Å². The molecule has 2 amide bonds. The monoisotopic (exact) mass is 415 g/mol. The molecule has 3 N–H and O–H groups in total. The summed E-state index contributed by atoms with van der Waals surface area (Å²) >= 11 is 0. The average molecular weight is 415 g/mol. The highest BCUT2D eigenvalue weighted by Crippen LogP contribution is 2.23. The van der Waals surface area contributed by atoms with Crippen LogP contribution in [-0.2, 0) is 9.59 Å². The number of benzene rings is 1. The van der Waals surface area contributed by atoms with E-state index in [1.807, 2.05) is 42.7 Å². The summed E-state index contributed by atoms with van der Waals surface area (Å²) in [4.78, 5) is 36.5. The molecule has 0 aliphatic heterocycles. The number of ether oxygens (including phenoxy) is 1. The largest absolute Gasteiger partial charge is 0.497 e. The van der Waals surface area contributed by atoms with E-state index in [-0.39, 0.29) is 11.8 Å². The number of rotatable bonds is 8. The lowest BCUT2D eigenvalue weighted by atomic mass is 10.0. The van der Waals surface area contributed by atoms with Crippen molar-refractivity contribution in [2.75, 3.05) is 7.11 Å². The fourth-order valence-corrected chi connectivity index (χ4v) is 3.24. The molecule has 2 unspecified atom stereocenters. The number of carbonyl (C=O) groups excluding carboxylic acids is 2. The second-order valence-corrected chi connectivity index (χ2v) is 7.58. The standard InChI is InChI=1S/C22H29N3O5/c1-12(2)19(21(27)23-14(4)22(28)29)24-20(26)18-11-13(3)25(15(18)5)16-7-9-17(30-6)10-8-16/h7-12,14,19H,1-6H3,(H,23,27)(H,24,26)(H,28,29). The van der Waals surface area contributed by atoms with Crippen LogP contribution in [-0.4, -0.2) is 46.7 Å². The Balaban J connectivity index is 2.27. The molecule has 30 heavy (non-hydrogen) atoms. The Labute approximate surface area is 176 Å². The lowest BCUT2D eigenvalue weighted by Gasteiger charge is -2.23. The van der Waals surface area contributed by atoms with E-state index in [1.54, 1.807) is 27.0 Å². The zero-order valence-electron chi connectivity index (χ0n) is 18.1. The van der Waals surface area contributed by atoms with Crippen LogP contribution in [0.2, 0.25) is 0 Å². The van der Waals surface area contributed by atoms with Gasteiger partial charge < -0.3 is 25.0 Å². The predicted molar refractivity (Wildman–Crippen MR) is 113 cm³/mol. The summed E-state index contributed by atoms with van der Waals surface area (Å²) < 4.78 is 7.14. The summed E-state index contributed by atoms with van der Waals surface area (Å²) in [5, 5.41) is 14.2. The van der Waals surface area contributed by atoms with Gasteiger partial charge in [0.1, 0.15) is 17.8 Å². The molecule has 162 valence electrons. The van der Waals surface area contributed by atoms with Gasteiger partial charge in [-0.15, -0.1) is 0 Å². The Morgan fingerprint density at radius 2 is 1.63 bits per heavy atom. The SMILES string of the molecule is COc1ccc(-n2c(C)cc(C(=O)NC(C(=O)NC(C)C(=O)O)C(C)C)c2C)cc1. The molecule has 0 fully saturated rings. The van der Waals surface area contributed by atoms with Gasteiger partial charge >= 0.3 is 5.97 Å². The van der Waals surface area contributed by atoms with Gasteiger partial charge in [0.25, 0.3) is 5.91 Å². The normalized spacial score (nSPS) is 12.9. The van der Waals surface area contributed by atoms with Gasteiger partial charge in [-0.1, -0.05) is 13.8 Å². The van der Waals surface area contributed by atoms with E-state index >= 15 is 0 Å². The van der Waals surface area contributed by atoms with E-state index in [4.69, 9.17) is 9.84 Å². The lowest BCUT2D eigenvalue weighted by Crippen LogP contribution is -2.53. The van der Waals surface area contributed by atoms with E-state index < -0.39 is 24.0 Å². The van der Waals surface area contributed by atoms with Gasteiger partial charge in [-0.05, 0) is 57.0 Å². The van der Waals surface area contributed by atoms with Crippen molar-refractivity contribution in [3.63, 3.8) is 0 Å². The molecule has 2 rings (SSSR count). The Bertz CT molecular complexity index is 931. The van der Waals surface area contributed by atoms with Crippen molar-refractivity contribution in [1.82, 2.24) is 15.2 Å². The van der Waals surface area contributed by atoms with Crippen LogP contribution < -0.4 is 15.4 Å². The summed E-state index contributed by atoms with van der Waals surface area (Å²) in [5.41, 5.74) is 2.94. The van der Waals surface area contributed by atoms with E-state index in [2.05, 4.69) is 10.6 Å². The van der Waals surface area contributed by atoms with Gasteiger partial charge in [-0.3, -0.25) is 14.4 Å². The zero-order valence-corrected chi connectivity index (χ0v) is 18.1. The number of carboxylic acid groups (broad SMARTS) is 1. The van der Waals surface area contributed by atoms with E-state index in [0.717, 1.165) is 22.8 Å². The van der Waals surface area contributed by atoms with Crippen LogP contribution in [0.25, 0.3) is 5.69 Å². The Hall–Kier alpha value is -3.29. The summed E-state index contributed by atoms with van der Waals surface area (Å²) in [7, 11) is 1.60. The molecule has 0 saturated carbocycles. The minimum atomic E-state index is -1.14. The zero-order chi connectivity index (χ0) is 22.6. The first-order valence-corrected chi connectivity index (χ1v) is 9.74. The maximum absolute atomic E-state index is 13.0. The number of carboxylic acids is 1. The number of nitrogens with one attached hydrogen (secondary N) is 2. The lowest BCUT2D eigenvalue weighted by molar-refractivity contribution is -0.141. The van der Waals surface area contributed by atoms with Crippen LogP contribution in [0, 0.1) is 19.8 Å². The highest BCUT2D eigenvalue weighted by molar-refractivity contribution is 5.99. The van der Waals surface area contributed by atoms with E-state index in [9.17, 15) is 14.4 Å². The maximum atomic E-state index is 13.0. The summed E-state index contributed by atoms with van der Waals surface area (Å²) in [6, 6.07) is 7.35. The molecular formula is C22H29N3O5. The quantitative estimate of drug-likeness (QED) is 0.614. The van der Waals surface area contributed by atoms with Crippen LogP contribution in [0.5, 0.6) is 5.75 Å². The van der Waals surface area contributed by atoms with Crippen LogP contribution in [0.15, 0.2) is 30.3 Å². The Morgan fingerprint density at radius 3 is 2.13 bits per heavy atom. The highest BCUT2D eigenvalue weighted by atomic mass is 16.5. The summed E-state index contributed by atoms with van der Waals surface area (Å²) in [6.45, 7) is 8.69. The molecule has 1 heterocycles. The molecule has 0 saturated heterocycles. The number of aliphatic carboxylic acids is 1. The van der Waals surface area contributed by atoms with Crippen LogP contribution >= 0.6 is 0 Å². The number of nitrogens with zero attached hydrogens (tertiary/aromatic N) is 1. The van der Waals surface area contributed by atoms with Gasteiger partial charge in [-0.2, -0.15) is 0 Å². The number of methoxy groups -OCH3 is 1. The second-order valence-electron chi connectivity index (χ2n) is 7.58. The Morgan fingerprint density at radius 1 is 1.03 bits per heavy atom. The van der Waals surface area contributed by atoms with Crippen LogP contribution in [0.4, 0.5) is 0 Å². The fourth-order valence-electron chi connectivity index (χ4n) is 3.24. The first kappa shape index (κ1) is 23.0. The third-order valence-corrected chi connectivity index (χ3v) is 4.97. The van der Waals surface area contributed by atoms with Gasteiger partial charge in [-0.25, -0.2) is 0 Å². The third kappa shape index (κ3) is 5.00. The molecular weight excluding hydrogens is 386 g/mol. The second kappa shape index (κ2) is 9.47. The minimum absolute atomic E-state index is 0.222. The van der Waals surface area contributed by atoms with Crippen molar-refractivity contribution in [1.29, 1.82) is 0 Å². The van der Waals surface area contributed by atoms with Crippen molar-refractivity contribution in [2.45, 2.75) is 46.7 Å². The predicted octanol–water partition coefficient (Wildman–Crippen LogP) is 2.45. The number of aromatic nitrogens is 1. The molecule has 0 aliphatic rings. The summed E-state index contributed by atoms with van der Waals surface area (Å²) in [5.74, 6) is -1.54. The minimum Gasteiger partial charge on any atom is -0.497 e. The third-order valence-electron chi connectivity index (χ3n) is 4.97. The number of hydrogen-bond acceptors (Lipinski definition) is 4. The number of hydrogen-bond donors (Lipinski definition) is 3. The molecule has 2 aromatic rings. The summed E-state index contributed by atoms with van der Waals surface area (Å²) in [6.07, 6.45) is 0. The molecule has 0 bridgehead atoms. The van der Waals surface area contributed by atoms with E-state index in [1.165, 1.54) is 6.92 Å². The van der Waals surface area contributed by atoms with Crippen molar-refractivity contribution in [3.8, 4) is 11.4 Å². The molecule has 8 heteroatoms. The molecule has 0 radical (unpaired) electrons. The van der Waals surface area contributed by atoms with Gasteiger partial charge in [0.15, 0.2) is 0 Å². The first-order valence-electron chi connectivity index (χ1n) is 9.74. The van der Waals surface area contributed by atoms with Gasteiger partial charge in [0.2, 0.25) is 5.91 Å². The fraction of sp³-hybridized carbons (Fsp3) is 0.409. The van der Waals surface area contributed by atoms with Crippen molar-refractivity contribution in [3.05, 3.63) is 47.3 Å². The number of aryl methyl sites for hydroxylation is 1. The number of amides is 2. The maximum Gasteiger partial charge on any atom is 0.325 e. The molecule has 8 nitrogen and oxygen atoms in total. The highest BCUT2D eigenvalue weighted by Gasteiger charge is 2.28. The molecule has 0 spiro atoms. The Kier molecular flexibility index (Phi) is 7.26. The first-order chi connectivity index (χ1) is 14.1. The molecule has 0 aliphatic carbocycles. The van der Waals surface area contributed by atoms with Crippen molar-refractivity contribution < 1.29 is 24.2 Å². The van der Waals surface area contributed by atoms with E-state index in [0.29, 0.717) is 5.56 Å². The topological polar surface area (TPSA) is 110 Å². The van der Waals surface area contributed by atoms with Crippen LogP contribution in [0.1, 0.15) is 42.5 Å². The molecule has 1 aromatic heterocycles. The number of carbonyl (C=O) groups is 3. The van der Waals surface area contributed by atoms with Gasteiger partial charge in [0.05, 0.1) is 12.7 Å². The average Bonchev–Trinajstić information content (AvgIpc) is 2.99.